The lowest BCUT2D eigenvalue weighted by molar-refractivity contribution is 0.0642. The third-order valence-electron chi connectivity index (χ3n) is 4.43. The first-order valence-electron chi connectivity index (χ1n) is 8.53. The van der Waals surface area contributed by atoms with Gasteiger partial charge in [0.2, 0.25) is 0 Å². The van der Waals surface area contributed by atoms with Crippen molar-refractivity contribution >= 4 is 11.8 Å². The Labute approximate surface area is 155 Å². The summed E-state index contributed by atoms with van der Waals surface area (Å²) >= 11 is 0. The van der Waals surface area contributed by atoms with Gasteiger partial charge in [0.1, 0.15) is 18.2 Å². The fourth-order valence-corrected chi connectivity index (χ4v) is 3.08. The summed E-state index contributed by atoms with van der Waals surface area (Å²) < 4.78 is 18.6. The van der Waals surface area contributed by atoms with Crippen molar-refractivity contribution in [1.29, 1.82) is 0 Å². The summed E-state index contributed by atoms with van der Waals surface area (Å²) in [7, 11) is 0. The number of nitrogens with zero attached hydrogens (tertiary/aromatic N) is 1. The van der Waals surface area contributed by atoms with Crippen LogP contribution in [-0.2, 0) is 13.2 Å². The number of fused-ring (bicyclic) bond motifs is 1. The molecule has 0 spiro atoms. The minimum absolute atomic E-state index is 0.205. The SMILES string of the molecule is O=C1c2ccccc2C(=O)N1Cc1cccc(COc2ccc(F)cc2)c1. The van der Waals surface area contributed by atoms with Crippen LogP contribution in [0.5, 0.6) is 5.75 Å². The molecule has 0 N–H and O–H groups in total. The van der Waals surface area contributed by atoms with Gasteiger partial charge < -0.3 is 4.74 Å². The normalized spacial score (nSPS) is 13.0. The smallest absolute Gasteiger partial charge is 0.261 e. The minimum atomic E-state index is -0.315. The van der Waals surface area contributed by atoms with E-state index in [-0.39, 0.29) is 24.2 Å². The maximum absolute atomic E-state index is 12.9. The van der Waals surface area contributed by atoms with Crippen molar-refractivity contribution < 1.29 is 18.7 Å². The molecule has 134 valence electrons. The van der Waals surface area contributed by atoms with Crippen LogP contribution in [0.15, 0.2) is 72.8 Å². The molecule has 0 aromatic heterocycles. The van der Waals surface area contributed by atoms with E-state index in [1.54, 1.807) is 36.4 Å². The highest BCUT2D eigenvalue weighted by Crippen LogP contribution is 2.24. The summed E-state index contributed by atoms with van der Waals surface area (Å²) in [4.78, 5) is 26.2. The van der Waals surface area contributed by atoms with E-state index in [1.807, 2.05) is 24.3 Å². The quantitative estimate of drug-likeness (QED) is 0.640. The molecule has 0 saturated carbocycles. The van der Waals surface area contributed by atoms with Crippen LogP contribution >= 0.6 is 0 Å². The molecule has 0 bridgehead atoms. The Hall–Kier alpha value is -3.47. The molecule has 0 aliphatic carbocycles. The lowest BCUT2D eigenvalue weighted by Crippen LogP contribution is -2.29. The fourth-order valence-electron chi connectivity index (χ4n) is 3.08. The number of amides is 2. The van der Waals surface area contributed by atoms with Gasteiger partial charge in [0.05, 0.1) is 17.7 Å². The number of ether oxygens (including phenoxy) is 1. The Kier molecular flexibility index (Phi) is 4.42. The molecular formula is C22H16FNO3. The molecule has 27 heavy (non-hydrogen) atoms. The maximum Gasteiger partial charge on any atom is 0.261 e. The summed E-state index contributed by atoms with van der Waals surface area (Å²) in [5.41, 5.74) is 2.62. The van der Waals surface area contributed by atoms with Gasteiger partial charge in [0.15, 0.2) is 0 Å². The van der Waals surface area contributed by atoms with E-state index in [4.69, 9.17) is 4.74 Å². The number of carbonyl (C=O) groups excluding carboxylic acids is 2. The van der Waals surface area contributed by atoms with Gasteiger partial charge in [0, 0.05) is 0 Å². The largest absolute Gasteiger partial charge is 0.489 e. The predicted molar refractivity (Wildman–Crippen MR) is 97.8 cm³/mol. The van der Waals surface area contributed by atoms with Crippen LogP contribution in [-0.4, -0.2) is 16.7 Å². The van der Waals surface area contributed by atoms with E-state index in [1.165, 1.54) is 17.0 Å². The molecule has 4 rings (SSSR count). The first-order chi connectivity index (χ1) is 13.1. The van der Waals surface area contributed by atoms with Crippen molar-refractivity contribution in [3.8, 4) is 5.75 Å². The highest BCUT2D eigenvalue weighted by Gasteiger charge is 2.34. The molecule has 1 aliphatic heterocycles. The molecule has 3 aromatic carbocycles. The first kappa shape index (κ1) is 17.0. The zero-order valence-electron chi connectivity index (χ0n) is 14.4. The van der Waals surface area contributed by atoms with Crippen molar-refractivity contribution in [2.75, 3.05) is 0 Å². The highest BCUT2D eigenvalue weighted by atomic mass is 19.1. The van der Waals surface area contributed by atoms with E-state index in [2.05, 4.69) is 0 Å². The van der Waals surface area contributed by atoms with E-state index in [9.17, 15) is 14.0 Å². The third kappa shape index (κ3) is 3.44. The summed E-state index contributed by atoms with van der Waals surface area (Å²) in [6.45, 7) is 0.512. The van der Waals surface area contributed by atoms with Crippen LogP contribution in [0.2, 0.25) is 0 Å². The fraction of sp³-hybridized carbons (Fsp3) is 0.0909. The number of carbonyl (C=O) groups is 2. The zero-order chi connectivity index (χ0) is 18.8. The Morgan fingerprint density at radius 2 is 1.41 bits per heavy atom. The number of hydrogen-bond donors (Lipinski definition) is 0. The Morgan fingerprint density at radius 3 is 2.07 bits per heavy atom. The second kappa shape index (κ2) is 7.03. The molecular weight excluding hydrogens is 345 g/mol. The summed E-state index contributed by atoms with van der Waals surface area (Å²) in [6, 6.07) is 20.2. The van der Waals surface area contributed by atoms with Gasteiger partial charge in [-0.2, -0.15) is 0 Å². The third-order valence-corrected chi connectivity index (χ3v) is 4.43. The van der Waals surface area contributed by atoms with Gasteiger partial charge in [0.25, 0.3) is 11.8 Å². The Morgan fingerprint density at radius 1 is 0.778 bits per heavy atom. The molecule has 0 unspecified atom stereocenters. The molecule has 0 fully saturated rings. The number of benzene rings is 3. The van der Waals surface area contributed by atoms with Crippen LogP contribution < -0.4 is 4.74 Å². The summed E-state index contributed by atoms with van der Waals surface area (Å²) in [5, 5.41) is 0. The van der Waals surface area contributed by atoms with Crippen molar-refractivity contribution in [1.82, 2.24) is 4.90 Å². The van der Waals surface area contributed by atoms with E-state index in [0.717, 1.165) is 11.1 Å². The molecule has 1 heterocycles. The molecule has 0 saturated heterocycles. The topological polar surface area (TPSA) is 46.6 Å². The molecule has 5 heteroatoms. The van der Waals surface area contributed by atoms with Gasteiger partial charge >= 0.3 is 0 Å². The average molecular weight is 361 g/mol. The molecule has 2 amide bonds. The van der Waals surface area contributed by atoms with Crippen molar-refractivity contribution in [3.05, 3.63) is 101 Å². The van der Waals surface area contributed by atoms with Gasteiger partial charge in [-0.3, -0.25) is 14.5 Å². The van der Waals surface area contributed by atoms with E-state index < -0.39 is 0 Å². The summed E-state index contributed by atoms with van der Waals surface area (Å²) in [6.07, 6.45) is 0. The number of halogens is 1. The second-order valence-corrected chi connectivity index (χ2v) is 6.30. The summed E-state index contributed by atoms with van der Waals surface area (Å²) in [5.74, 6) is -0.292. The average Bonchev–Trinajstić information content (AvgIpc) is 2.93. The van der Waals surface area contributed by atoms with Crippen molar-refractivity contribution in [2.45, 2.75) is 13.2 Å². The molecule has 4 nitrogen and oxygen atoms in total. The molecule has 0 radical (unpaired) electrons. The standard InChI is InChI=1S/C22H16FNO3/c23-17-8-10-18(11-9-17)27-14-16-5-3-4-15(12-16)13-24-21(25)19-6-1-2-7-20(19)22(24)26/h1-12H,13-14H2. The molecule has 1 aliphatic rings. The Balaban J connectivity index is 1.46. The van der Waals surface area contributed by atoms with E-state index in [0.29, 0.717) is 23.5 Å². The van der Waals surface area contributed by atoms with E-state index >= 15 is 0 Å². The van der Waals surface area contributed by atoms with Crippen LogP contribution in [0.1, 0.15) is 31.8 Å². The van der Waals surface area contributed by atoms with Gasteiger partial charge in [-0.1, -0.05) is 36.4 Å². The lowest BCUT2D eigenvalue weighted by atomic mass is 10.1. The molecule has 0 atom stereocenters. The zero-order valence-corrected chi connectivity index (χ0v) is 14.4. The van der Waals surface area contributed by atoms with Crippen LogP contribution in [0.3, 0.4) is 0 Å². The molecule has 3 aromatic rings. The van der Waals surface area contributed by atoms with Crippen molar-refractivity contribution in [2.24, 2.45) is 0 Å². The number of imide groups is 1. The maximum atomic E-state index is 12.9. The van der Waals surface area contributed by atoms with Gasteiger partial charge in [-0.05, 0) is 47.5 Å². The minimum Gasteiger partial charge on any atom is -0.489 e. The number of rotatable bonds is 5. The Bertz CT molecular complexity index is 979. The van der Waals surface area contributed by atoms with Crippen LogP contribution in [0, 0.1) is 5.82 Å². The lowest BCUT2D eigenvalue weighted by Gasteiger charge is -2.15. The second-order valence-electron chi connectivity index (χ2n) is 6.30. The van der Waals surface area contributed by atoms with Gasteiger partial charge in [-0.15, -0.1) is 0 Å². The first-order valence-corrected chi connectivity index (χ1v) is 8.53. The van der Waals surface area contributed by atoms with Crippen LogP contribution in [0.25, 0.3) is 0 Å². The number of hydrogen-bond acceptors (Lipinski definition) is 3. The van der Waals surface area contributed by atoms with Crippen molar-refractivity contribution in [3.63, 3.8) is 0 Å². The highest BCUT2D eigenvalue weighted by molar-refractivity contribution is 6.21. The predicted octanol–water partition coefficient (Wildman–Crippen LogP) is 4.20. The van der Waals surface area contributed by atoms with Crippen LogP contribution in [0.4, 0.5) is 4.39 Å². The van der Waals surface area contributed by atoms with Gasteiger partial charge in [-0.25, -0.2) is 4.39 Å². The monoisotopic (exact) mass is 361 g/mol.